The molecule has 4 rings (SSSR count). The van der Waals surface area contributed by atoms with Gasteiger partial charge < -0.3 is 5.32 Å². The lowest BCUT2D eigenvalue weighted by Gasteiger charge is -2.17. The van der Waals surface area contributed by atoms with E-state index in [9.17, 15) is 13.2 Å². The van der Waals surface area contributed by atoms with Gasteiger partial charge in [-0.15, -0.1) is 0 Å². The third-order valence-electron chi connectivity index (χ3n) is 6.25. The number of benzene rings is 1. The number of aromatic nitrogens is 4. The molecule has 182 valence electrons. The van der Waals surface area contributed by atoms with Crippen LogP contribution in [0.5, 0.6) is 0 Å². The number of hydrogen-bond acceptors (Lipinski definition) is 6. The maximum absolute atomic E-state index is 12.8. The molecule has 1 aliphatic heterocycles. The minimum atomic E-state index is -2.99. The number of carbonyl (C=O) groups is 1. The molecular weight excluding hydrogens is 452 g/mol. The van der Waals surface area contributed by atoms with Crippen molar-refractivity contribution in [2.45, 2.75) is 46.7 Å². The Hall–Kier alpha value is -2.98. The van der Waals surface area contributed by atoms with Gasteiger partial charge in [0.1, 0.15) is 5.82 Å². The van der Waals surface area contributed by atoms with Gasteiger partial charge in [0.15, 0.2) is 9.84 Å². The van der Waals surface area contributed by atoms with Gasteiger partial charge in [-0.2, -0.15) is 10.2 Å². The van der Waals surface area contributed by atoms with E-state index in [-0.39, 0.29) is 30.0 Å². The first-order valence-electron chi connectivity index (χ1n) is 11.4. The van der Waals surface area contributed by atoms with Gasteiger partial charge in [0, 0.05) is 23.9 Å². The summed E-state index contributed by atoms with van der Waals surface area (Å²) in [6.45, 7) is 8.56. The molecule has 3 aromatic rings. The van der Waals surface area contributed by atoms with Crippen LogP contribution in [0.25, 0.3) is 5.69 Å². The van der Waals surface area contributed by atoms with Crippen LogP contribution in [0.15, 0.2) is 30.3 Å². The highest BCUT2D eigenvalue weighted by molar-refractivity contribution is 7.91. The Kier molecular flexibility index (Phi) is 6.64. The highest BCUT2D eigenvalue weighted by atomic mass is 32.2. The van der Waals surface area contributed by atoms with Crippen molar-refractivity contribution in [3.63, 3.8) is 0 Å². The Bertz CT molecular complexity index is 1310. The molecule has 0 saturated carbocycles. The molecule has 0 spiro atoms. The normalized spacial score (nSPS) is 17.4. The maximum atomic E-state index is 12.8. The Morgan fingerprint density at radius 2 is 1.85 bits per heavy atom. The fourth-order valence-electron chi connectivity index (χ4n) is 4.47. The van der Waals surface area contributed by atoms with Gasteiger partial charge in [0.05, 0.1) is 41.2 Å². The fraction of sp³-hybridized carbons (Fsp3) is 0.458. The lowest BCUT2D eigenvalue weighted by Crippen LogP contribution is -2.30. The summed E-state index contributed by atoms with van der Waals surface area (Å²) in [7, 11) is -1.10. The molecule has 1 N–H and O–H groups in total. The maximum Gasteiger partial charge on any atom is 0.239 e. The molecule has 34 heavy (non-hydrogen) atoms. The minimum Gasteiger partial charge on any atom is -0.309 e. The standard InChI is InChI=1S/C24H32N6O3S/c1-16-6-8-20(9-7-16)30-23(12-17(2)26-30)25-24(31)14-28(5)13-22-18(3)27-29(19(22)4)21-10-11-34(32,33)15-21/h6-9,12,21H,10-11,13-15H2,1-5H3,(H,25,31)/t21-/m0/s1. The molecule has 0 bridgehead atoms. The van der Waals surface area contributed by atoms with Crippen LogP contribution in [0.1, 0.15) is 40.7 Å². The SMILES string of the molecule is Cc1ccc(-n2nc(C)cc2NC(=O)CN(C)Cc2c(C)nn([C@H]3CCS(=O)(=O)C3)c2C)cc1. The summed E-state index contributed by atoms with van der Waals surface area (Å²) < 4.78 is 27.4. The summed E-state index contributed by atoms with van der Waals surface area (Å²) in [6.07, 6.45) is 0.593. The highest BCUT2D eigenvalue weighted by Crippen LogP contribution is 2.27. The summed E-state index contributed by atoms with van der Waals surface area (Å²) in [5.41, 5.74) is 5.71. The molecule has 0 radical (unpaired) electrons. The van der Waals surface area contributed by atoms with Crippen molar-refractivity contribution < 1.29 is 13.2 Å². The average molecular weight is 485 g/mol. The molecule has 1 aliphatic rings. The predicted molar refractivity (Wildman–Crippen MR) is 132 cm³/mol. The lowest BCUT2D eigenvalue weighted by molar-refractivity contribution is -0.117. The van der Waals surface area contributed by atoms with Crippen molar-refractivity contribution in [1.82, 2.24) is 24.5 Å². The first kappa shape index (κ1) is 24.2. The monoisotopic (exact) mass is 484 g/mol. The van der Waals surface area contributed by atoms with E-state index in [0.717, 1.165) is 33.9 Å². The fourth-order valence-corrected chi connectivity index (χ4v) is 6.17. The number of carbonyl (C=O) groups excluding carboxylic acids is 1. The topological polar surface area (TPSA) is 102 Å². The lowest BCUT2D eigenvalue weighted by atomic mass is 10.1. The average Bonchev–Trinajstić information content (AvgIpc) is 3.39. The number of rotatable bonds is 7. The molecule has 1 amide bonds. The van der Waals surface area contributed by atoms with Crippen molar-refractivity contribution in [2.75, 3.05) is 30.4 Å². The van der Waals surface area contributed by atoms with Crippen molar-refractivity contribution in [1.29, 1.82) is 0 Å². The zero-order valence-electron chi connectivity index (χ0n) is 20.4. The zero-order valence-corrected chi connectivity index (χ0v) is 21.2. The number of anilines is 1. The Labute approximate surface area is 200 Å². The van der Waals surface area contributed by atoms with Crippen LogP contribution in [0.2, 0.25) is 0 Å². The van der Waals surface area contributed by atoms with E-state index in [1.54, 1.807) is 4.68 Å². The van der Waals surface area contributed by atoms with Crippen molar-refractivity contribution in [2.24, 2.45) is 0 Å². The third-order valence-corrected chi connectivity index (χ3v) is 8.00. The molecule has 2 aromatic heterocycles. The van der Waals surface area contributed by atoms with E-state index in [1.165, 1.54) is 0 Å². The van der Waals surface area contributed by atoms with Gasteiger partial charge in [0.25, 0.3) is 0 Å². The molecule has 0 unspecified atom stereocenters. The number of aryl methyl sites for hydroxylation is 3. The molecule has 1 aromatic carbocycles. The molecule has 3 heterocycles. The number of sulfone groups is 1. The second kappa shape index (κ2) is 9.34. The zero-order chi connectivity index (χ0) is 24.6. The van der Waals surface area contributed by atoms with Crippen LogP contribution < -0.4 is 5.32 Å². The number of likely N-dealkylation sites (N-methyl/N-ethyl adjacent to an activating group) is 1. The second-order valence-electron chi connectivity index (χ2n) is 9.29. The van der Waals surface area contributed by atoms with Crippen LogP contribution >= 0.6 is 0 Å². The second-order valence-corrected chi connectivity index (χ2v) is 11.5. The Morgan fingerprint density at radius 3 is 2.50 bits per heavy atom. The Morgan fingerprint density at radius 1 is 1.15 bits per heavy atom. The molecule has 9 nitrogen and oxygen atoms in total. The first-order chi connectivity index (χ1) is 16.0. The van der Waals surface area contributed by atoms with Crippen LogP contribution in [-0.2, 0) is 21.2 Å². The molecular formula is C24H32N6O3S. The molecule has 0 aliphatic carbocycles. The molecule has 10 heteroatoms. The Balaban J connectivity index is 1.42. The highest BCUT2D eigenvalue weighted by Gasteiger charge is 2.31. The largest absolute Gasteiger partial charge is 0.309 e. The molecule has 1 saturated heterocycles. The van der Waals surface area contributed by atoms with E-state index in [2.05, 4.69) is 15.5 Å². The van der Waals surface area contributed by atoms with Gasteiger partial charge in [-0.1, -0.05) is 17.7 Å². The van der Waals surface area contributed by atoms with Crippen molar-refractivity contribution in [3.05, 3.63) is 58.5 Å². The number of nitrogens with zero attached hydrogens (tertiary/aromatic N) is 5. The smallest absolute Gasteiger partial charge is 0.239 e. The summed E-state index contributed by atoms with van der Waals surface area (Å²) in [6, 6.07) is 9.71. The summed E-state index contributed by atoms with van der Waals surface area (Å²) in [5, 5.41) is 12.1. The van der Waals surface area contributed by atoms with Crippen LogP contribution in [0, 0.1) is 27.7 Å². The number of hydrogen-bond donors (Lipinski definition) is 1. The van der Waals surface area contributed by atoms with Crippen LogP contribution in [0.4, 0.5) is 5.82 Å². The van der Waals surface area contributed by atoms with Crippen LogP contribution in [-0.4, -0.2) is 63.9 Å². The van der Waals surface area contributed by atoms with Gasteiger partial charge in [0.2, 0.25) is 5.91 Å². The van der Waals surface area contributed by atoms with E-state index >= 15 is 0 Å². The first-order valence-corrected chi connectivity index (χ1v) is 13.2. The van der Waals surface area contributed by atoms with E-state index < -0.39 is 9.84 Å². The summed E-state index contributed by atoms with van der Waals surface area (Å²) in [4.78, 5) is 14.8. The number of nitrogens with one attached hydrogen (secondary N) is 1. The molecule has 1 fully saturated rings. The van der Waals surface area contributed by atoms with Crippen LogP contribution in [0.3, 0.4) is 0 Å². The summed E-state index contributed by atoms with van der Waals surface area (Å²) in [5.74, 6) is 0.841. The predicted octanol–water partition coefficient (Wildman–Crippen LogP) is 2.73. The van der Waals surface area contributed by atoms with Crippen molar-refractivity contribution >= 4 is 21.6 Å². The third kappa shape index (κ3) is 5.23. The molecule has 1 atom stereocenters. The van der Waals surface area contributed by atoms with Gasteiger partial charge >= 0.3 is 0 Å². The van der Waals surface area contributed by atoms with Gasteiger partial charge in [-0.3, -0.25) is 14.4 Å². The quantitative estimate of drug-likeness (QED) is 0.553. The van der Waals surface area contributed by atoms with E-state index in [0.29, 0.717) is 18.8 Å². The van der Waals surface area contributed by atoms with Gasteiger partial charge in [-0.25, -0.2) is 13.1 Å². The summed E-state index contributed by atoms with van der Waals surface area (Å²) >= 11 is 0. The minimum absolute atomic E-state index is 0.114. The van der Waals surface area contributed by atoms with Crippen molar-refractivity contribution in [3.8, 4) is 5.69 Å². The van der Waals surface area contributed by atoms with Gasteiger partial charge in [-0.05, 0) is 53.3 Å². The van der Waals surface area contributed by atoms with E-state index in [1.807, 2.05) is 74.7 Å². The number of amides is 1. The van der Waals surface area contributed by atoms with E-state index in [4.69, 9.17) is 0 Å².